The number of allylic oxidation sites excluding steroid dienone is 1. The van der Waals surface area contributed by atoms with Gasteiger partial charge in [0.05, 0.1) is 16.8 Å². The Morgan fingerprint density at radius 3 is 2.73 bits per heavy atom. The van der Waals surface area contributed by atoms with Gasteiger partial charge in [-0.3, -0.25) is 14.7 Å². The molecular formula is C20H21N3O3. The van der Waals surface area contributed by atoms with Gasteiger partial charge in [-0.1, -0.05) is 6.07 Å². The molecule has 0 spiro atoms. The van der Waals surface area contributed by atoms with Crippen LogP contribution in [-0.4, -0.2) is 58.9 Å². The number of pyridine rings is 1. The van der Waals surface area contributed by atoms with Gasteiger partial charge in [0.15, 0.2) is 5.76 Å². The minimum absolute atomic E-state index is 0.162. The van der Waals surface area contributed by atoms with Crippen LogP contribution in [0.1, 0.15) is 21.6 Å². The zero-order valence-electron chi connectivity index (χ0n) is 14.7. The van der Waals surface area contributed by atoms with Crippen LogP contribution in [0.15, 0.2) is 42.3 Å². The number of aromatic nitrogens is 1. The maximum atomic E-state index is 12.7. The Hall–Kier alpha value is -2.70. The smallest absolute Gasteiger partial charge is 0.232 e. The van der Waals surface area contributed by atoms with Crippen molar-refractivity contribution in [2.75, 3.05) is 33.2 Å². The summed E-state index contributed by atoms with van der Waals surface area (Å²) in [7, 11) is 2.10. The van der Waals surface area contributed by atoms with E-state index < -0.39 is 0 Å². The zero-order valence-corrected chi connectivity index (χ0v) is 14.7. The molecule has 0 radical (unpaired) electrons. The molecule has 1 aromatic heterocycles. The highest BCUT2D eigenvalue weighted by Crippen LogP contribution is 2.40. The Morgan fingerprint density at radius 2 is 2.00 bits per heavy atom. The standard InChI is InChI=1S/C20H21N3O3/c1-22-8-10-23(11-9-22)13-16-17(24)6-5-15-19(25)18(26-20(15)16)12-14-4-2-3-7-21-14/h2-7,12,24H,8-11,13H2,1H3/b18-12-. The number of carbonyl (C=O) groups excluding carboxylic acids is 1. The van der Waals surface area contributed by atoms with Gasteiger partial charge >= 0.3 is 0 Å². The van der Waals surface area contributed by atoms with Crippen molar-refractivity contribution in [2.24, 2.45) is 0 Å². The SMILES string of the molecule is CN1CCN(Cc2c(O)ccc3c2O/C(=C\c2ccccn2)C3=O)CC1. The molecule has 1 N–H and O–H groups in total. The van der Waals surface area contributed by atoms with Crippen LogP contribution in [-0.2, 0) is 6.54 Å². The molecule has 2 aromatic rings. The Balaban J connectivity index is 1.62. The molecule has 2 aliphatic heterocycles. The first-order chi connectivity index (χ1) is 12.6. The van der Waals surface area contributed by atoms with Gasteiger partial charge in [0.2, 0.25) is 5.78 Å². The number of phenols is 1. The van der Waals surface area contributed by atoms with Gasteiger partial charge in [-0.25, -0.2) is 0 Å². The second-order valence-corrected chi connectivity index (χ2v) is 6.71. The molecule has 0 bridgehead atoms. The molecule has 26 heavy (non-hydrogen) atoms. The van der Waals surface area contributed by atoms with Gasteiger partial charge < -0.3 is 14.7 Å². The van der Waals surface area contributed by atoms with Gasteiger partial charge in [0.1, 0.15) is 11.5 Å². The number of phenolic OH excluding ortho intramolecular Hbond substituents is 1. The van der Waals surface area contributed by atoms with Crippen LogP contribution >= 0.6 is 0 Å². The minimum atomic E-state index is -0.176. The molecule has 0 saturated carbocycles. The zero-order chi connectivity index (χ0) is 18.1. The van der Waals surface area contributed by atoms with Crippen molar-refractivity contribution in [3.8, 4) is 11.5 Å². The van der Waals surface area contributed by atoms with E-state index in [0.29, 0.717) is 29.1 Å². The van der Waals surface area contributed by atoms with Crippen molar-refractivity contribution in [1.82, 2.24) is 14.8 Å². The van der Waals surface area contributed by atoms with E-state index in [-0.39, 0.29) is 17.3 Å². The number of benzene rings is 1. The van der Waals surface area contributed by atoms with Gasteiger partial charge in [-0.15, -0.1) is 0 Å². The van der Waals surface area contributed by atoms with Gasteiger partial charge in [0, 0.05) is 45.0 Å². The lowest BCUT2D eigenvalue weighted by Crippen LogP contribution is -2.43. The third kappa shape index (κ3) is 3.21. The lowest BCUT2D eigenvalue weighted by molar-refractivity contribution is 0.101. The highest BCUT2D eigenvalue weighted by Gasteiger charge is 2.32. The van der Waals surface area contributed by atoms with Crippen LogP contribution < -0.4 is 4.74 Å². The van der Waals surface area contributed by atoms with E-state index in [9.17, 15) is 9.90 Å². The third-order valence-corrected chi connectivity index (χ3v) is 4.86. The number of ether oxygens (including phenoxy) is 1. The number of aromatic hydroxyl groups is 1. The van der Waals surface area contributed by atoms with E-state index in [2.05, 4.69) is 21.8 Å². The first kappa shape index (κ1) is 16.8. The molecular weight excluding hydrogens is 330 g/mol. The van der Waals surface area contributed by atoms with Crippen LogP contribution in [0.4, 0.5) is 0 Å². The number of hydrogen-bond donors (Lipinski definition) is 1. The number of nitrogens with zero attached hydrogens (tertiary/aromatic N) is 3. The summed E-state index contributed by atoms with van der Waals surface area (Å²) in [6, 6.07) is 8.70. The van der Waals surface area contributed by atoms with Crippen LogP contribution in [0, 0.1) is 0 Å². The molecule has 0 atom stereocenters. The van der Waals surface area contributed by atoms with Gasteiger partial charge in [0.25, 0.3) is 0 Å². The van der Waals surface area contributed by atoms with Crippen LogP contribution in [0.5, 0.6) is 11.5 Å². The number of Topliss-reactive ketones (excluding diaryl/α,β-unsaturated/α-hetero) is 1. The largest absolute Gasteiger partial charge is 0.507 e. The normalized spacial score (nSPS) is 19.6. The van der Waals surface area contributed by atoms with Crippen LogP contribution in [0.3, 0.4) is 0 Å². The van der Waals surface area contributed by atoms with E-state index in [4.69, 9.17) is 4.74 Å². The topological polar surface area (TPSA) is 65.9 Å². The number of likely N-dealkylation sites (N-methyl/N-ethyl adjacent to an activating group) is 1. The Morgan fingerprint density at radius 1 is 1.19 bits per heavy atom. The molecule has 1 saturated heterocycles. The van der Waals surface area contributed by atoms with Gasteiger partial charge in [-0.2, -0.15) is 0 Å². The van der Waals surface area contributed by atoms with E-state index in [0.717, 1.165) is 26.2 Å². The van der Waals surface area contributed by atoms with Crippen LogP contribution in [0.25, 0.3) is 6.08 Å². The minimum Gasteiger partial charge on any atom is -0.507 e. The fraction of sp³-hybridized carbons (Fsp3) is 0.300. The molecule has 0 amide bonds. The monoisotopic (exact) mass is 351 g/mol. The second kappa shape index (κ2) is 6.90. The van der Waals surface area contributed by atoms with E-state index in [1.807, 2.05) is 18.2 Å². The first-order valence-corrected chi connectivity index (χ1v) is 8.73. The predicted molar refractivity (Wildman–Crippen MR) is 98.1 cm³/mol. The van der Waals surface area contributed by atoms with Crippen molar-refractivity contribution >= 4 is 11.9 Å². The maximum Gasteiger partial charge on any atom is 0.232 e. The summed E-state index contributed by atoms with van der Waals surface area (Å²) in [6.45, 7) is 4.38. The molecule has 2 aliphatic rings. The van der Waals surface area contributed by atoms with Crippen LogP contribution in [0.2, 0.25) is 0 Å². The Labute approximate surface area is 152 Å². The molecule has 6 nitrogen and oxygen atoms in total. The quantitative estimate of drug-likeness (QED) is 0.855. The third-order valence-electron chi connectivity index (χ3n) is 4.86. The summed E-state index contributed by atoms with van der Waals surface area (Å²) in [5.74, 6) is 0.694. The molecule has 1 aromatic carbocycles. The lowest BCUT2D eigenvalue weighted by atomic mass is 10.0. The Bertz CT molecular complexity index is 856. The lowest BCUT2D eigenvalue weighted by Gasteiger charge is -2.32. The van der Waals surface area contributed by atoms with Gasteiger partial charge in [-0.05, 0) is 31.3 Å². The molecule has 3 heterocycles. The average Bonchev–Trinajstić information content (AvgIpc) is 2.96. The molecule has 4 rings (SSSR count). The van der Waals surface area contributed by atoms with E-state index in [1.54, 1.807) is 24.4 Å². The summed E-state index contributed by atoms with van der Waals surface area (Å²) in [5.41, 5.74) is 1.83. The number of carbonyl (C=O) groups is 1. The summed E-state index contributed by atoms with van der Waals surface area (Å²) in [4.78, 5) is 21.4. The highest BCUT2D eigenvalue weighted by atomic mass is 16.5. The fourth-order valence-electron chi connectivity index (χ4n) is 3.27. The fourth-order valence-corrected chi connectivity index (χ4v) is 3.27. The molecule has 6 heteroatoms. The van der Waals surface area contributed by atoms with Crippen molar-refractivity contribution in [3.63, 3.8) is 0 Å². The summed E-state index contributed by atoms with van der Waals surface area (Å²) in [6.07, 6.45) is 3.31. The number of ketones is 1. The van der Waals surface area contributed by atoms with E-state index in [1.165, 1.54) is 0 Å². The van der Waals surface area contributed by atoms with Crippen molar-refractivity contribution in [2.45, 2.75) is 6.54 Å². The van der Waals surface area contributed by atoms with Crippen molar-refractivity contribution in [3.05, 3.63) is 59.1 Å². The number of piperazine rings is 1. The van der Waals surface area contributed by atoms with Crippen molar-refractivity contribution in [1.29, 1.82) is 0 Å². The molecule has 0 unspecified atom stereocenters. The Kier molecular flexibility index (Phi) is 4.44. The second-order valence-electron chi connectivity index (χ2n) is 6.71. The molecule has 134 valence electrons. The summed E-state index contributed by atoms with van der Waals surface area (Å²) >= 11 is 0. The predicted octanol–water partition coefficient (Wildman–Crippen LogP) is 2.15. The maximum absolute atomic E-state index is 12.7. The number of rotatable bonds is 3. The molecule has 1 fully saturated rings. The number of hydrogen-bond acceptors (Lipinski definition) is 6. The van der Waals surface area contributed by atoms with Crippen molar-refractivity contribution < 1.29 is 14.6 Å². The summed E-state index contributed by atoms with van der Waals surface area (Å²) in [5, 5.41) is 10.4. The summed E-state index contributed by atoms with van der Waals surface area (Å²) < 4.78 is 5.87. The highest BCUT2D eigenvalue weighted by molar-refractivity contribution is 6.14. The molecule has 0 aliphatic carbocycles. The first-order valence-electron chi connectivity index (χ1n) is 8.73. The average molecular weight is 351 g/mol. The number of fused-ring (bicyclic) bond motifs is 1. The van der Waals surface area contributed by atoms with E-state index >= 15 is 0 Å².